The molecular formula is C29H44N2O2. The van der Waals surface area contributed by atoms with E-state index in [2.05, 4.69) is 9.80 Å². The summed E-state index contributed by atoms with van der Waals surface area (Å²) >= 11 is 0. The Hall–Kier alpha value is -1.55. The molecule has 1 amide bonds. The third-order valence-corrected chi connectivity index (χ3v) is 8.96. The topological polar surface area (TPSA) is 32.8 Å². The van der Waals surface area contributed by atoms with E-state index >= 15 is 0 Å². The Morgan fingerprint density at radius 2 is 1.36 bits per heavy atom. The van der Waals surface area contributed by atoms with Gasteiger partial charge < -0.3 is 14.5 Å². The van der Waals surface area contributed by atoms with Crippen LogP contribution in [0.3, 0.4) is 0 Å². The standard InChI is InChI=1S/C29H44N2O2/c32-29(31(26-11-3-1-4-12-26)27-13-5-2-6-14-27)23-15-17-28(18-16-23)33-20-8-19-30-21-24-9-7-10-25(24)22-30/h15-18,24-27H,1-14,19-22H2. The molecular weight excluding hydrogens is 408 g/mol. The second-order valence-corrected chi connectivity index (χ2v) is 11.2. The molecule has 0 spiro atoms. The molecule has 1 aliphatic heterocycles. The molecule has 4 fully saturated rings. The summed E-state index contributed by atoms with van der Waals surface area (Å²) in [7, 11) is 0. The summed E-state index contributed by atoms with van der Waals surface area (Å²) < 4.78 is 6.04. The molecule has 0 N–H and O–H groups in total. The van der Waals surface area contributed by atoms with Crippen LogP contribution in [0.15, 0.2) is 24.3 Å². The van der Waals surface area contributed by atoms with Crippen LogP contribution in [0.2, 0.25) is 0 Å². The van der Waals surface area contributed by atoms with Gasteiger partial charge in [0.2, 0.25) is 0 Å². The van der Waals surface area contributed by atoms with E-state index in [1.165, 1.54) is 96.6 Å². The van der Waals surface area contributed by atoms with E-state index in [4.69, 9.17) is 4.74 Å². The summed E-state index contributed by atoms with van der Waals surface area (Å²) in [5.74, 6) is 3.09. The molecule has 5 rings (SSSR count). The van der Waals surface area contributed by atoms with Crippen LogP contribution in [0.5, 0.6) is 5.75 Å². The Bertz CT molecular complexity index is 721. The van der Waals surface area contributed by atoms with Crippen molar-refractivity contribution in [2.45, 2.75) is 102 Å². The fourth-order valence-electron chi connectivity index (χ4n) is 7.18. The van der Waals surface area contributed by atoms with E-state index in [-0.39, 0.29) is 5.91 Å². The molecule has 1 aromatic rings. The summed E-state index contributed by atoms with van der Waals surface area (Å²) in [6, 6.07) is 8.89. The minimum absolute atomic E-state index is 0.250. The third-order valence-electron chi connectivity index (χ3n) is 8.96. The summed E-state index contributed by atoms with van der Waals surface area (Å²) in [5, 5.41) is 0. The maximum absolute atomic E-state index is 13.6. The van der Waals surface area contributed by atoms with Gasteiger partial charge in [-0.1, -0.05) is 44.9 Å². The average Bonchev–Trinajstić information content (AvgIpc) is 3.46. The van der Waals surface area contributed by atoms with E-state index in [9.17, 15) is 4.79 Å². The molecule has 4 aliphatic rings. The van der Waals surface area contributed by atoms with Crippen molar-refractivity contribution in [3.63, 3.8) is 0 Å². The zero-order valence-electron chi connectivity index (χ0n) is 20.6. The molecule has 2 atom stereocenters. The first-order valence-corrected chi connectivity index (χ1v) is 14.1. The largest absolute Gasteiger partial charge is 0.494 e. The van der Waals surface area contributed by atoms with Gasteiger partial charge in [-0.3, -0.25) is 4.79 Å². The van der Waals surface area contributed by atoms with Crippen LogP contribution in [-0.4, -0.2) is 54.0 Å². The fourth-order valence-corrected chi connectivity index (χ4v) is 7.18. The predicted molar refractivity (Wildman–Crippen MR) is 134 cm³/mol. The van der Waals surface area contributed by atoms with Crippen LogP contribution in [0, 0.1) is 11.8 Å². The van der Waals surface area contributed by atoms with Crippen molar-refractivity contribution in [3.8, 4) is 5.75 Å². The van der Waals surface area contributed by atoms with Crippen molar-refractivity contribution in [3.05, 3.63) is 29.8 Å². The highest BCUT2D eigenvalue weighted by atomic mass is 16.5. The Kier molecular flexibility index (Phi) is 7.91. The molecule has 182 valence electrons. The Morgan fingerprint density at radius 3 is 1.94 bits per heavy atom. The molecule has 3 saturated carbocycles. The highest BCUT2D eigenvalue weighted by Gasteiger charge is 2.35. The summed E-state index contributed by atoms with van der Waals surface area (Å²) in [4.78, 5) is 18.6. The van der Waals surface area contributed by atoms with Gasteiger partial charge in [0.25, 0.3) is 5.91 Å². The second-order valence-electron chi connectivity index (χ2n) is 11.2. The lowest BCUT2D eigenvalue weighted by molar-refractivity contribution is 0.0448. The van der Waals surface area contributed by atoms with Gasteiger partial charge in [0.05, 0.1) is 6.61 Å². The lowest BCUT2D eigenvalue weighted by Gasteiger charge is -2.42. The number of benzene rings is 1. The second kappa shape index (κ2) is 11.3. The quantitative estimate of drug-likeness (QED) is 0.434. The van der Waals surface area contributed by atoms with Gasteiger partial charge in [-0.15, -0.1) is 0 Å². The summed E-state index contributed by atoms with van der Waals surface area (Å²) in [6.45, 7) is 4.52. The Labute approximate surface area is 201 Å². The third kappa shape index (κ3) is 5.75. The molecule has 33 heavy (non-hydrogen) atoms. The molecule has 4 heteroatoms. The molecule has 2 unspecified atom stereocenters. The Morgan fingerprint density at radius 1 is 0.788 bits per heavy atom. The molecule has 1 saturated heterocycles. The lowest BCUT2D eigenvalue weighted by Crippen LogP contribution is -2.48. The van der Waals surface area contributed by atoms with Gasteiger partial charge in [0.15, 0.2) is 0 Å². The van der Waals surface area contributed by atoms with Gasteiger partial charge in [-0.25, -0.2) is 0 Å². The lowest BCUT2D eigenvalue weighted by atomic mass is 9.88. The van der Waals surface area contributed by atoms with Gasteiger partial charge in [-0.2, -0.15) is 0 Å². The van der Waals surface area contributed by atoms with Crippen LogP contribution in [0.25, 0.3) is 0 Å². The summed E-state index contributed by atoms with van der Waals surface area (Å²) in [6.07, 6.45) is 17.9. The number of carbonyl (C=O) groups excluding carboxylic acids is 1. The van der Waals surface area contributed by atoms with Crippen LogP contribution >= 0.6 is 0 Å². The Balaban J connectivity index is 1.12. The summed E-state index contributed by atoms with van der Waals surface area (Å²) in [5.41, 5.74) is 0.835. The number of likely N-dealkylation sites (tertiary alicyclic amines) is 1. The predicted octanol–water partition coefficient (Wildman–Crippen LogP) is 6.30. The van der Waals surface area contributed by atoms with E-state index in [1.54, 1.807) is 0 Å². The van der Waals surface area contributed by atoms with Crippen LogP contribution in [-0.2, 0) is 0 Å². The van der Waals surface area contributed by atoms with Crippen molar-refractivity contribution in [2.75, 3.05) is 26.2 Å². The molecule has 1 heterocycles. The van der Waals surface area contributed by atoms with Crippen molar-refractivity contribution in [2.24, 2.45) is 11.8 Å². The van der Waals surface area contributed by atoms with Gasteiger partial charge in [-0.05, 0) is 81.0 Å². The van der Waals surface area contributed by atoms with Crippen LogP contribution < -0.4 is 4.74 Å². The van der Waals surface area contributed by atoms with Crippen molar-refractivity contribution in [1.82, 2.24) is 9.80 Å². The minimum atomic E-state index is 0.250. The first-order chi connectivity index (χ1) is 16.3. The molecule has 1 aromatic carbocycles. The fraction of sp³-hybridized carbons (Fsp3) is 0.759. The van der Waals surface area contributed by atoms with Gasteiger partial charge in [0, 0.05) is 37.3 Å². The molecule has 0 bridgehead atoms. The molecule has 0 aromatic heterocycles. The molecule has 4 nitrogen and oxygen atoms in total. The zero-order valence-corrected chi connectivity index (χ0v) is 20.6. The number of amides is 1. The monoisotopic (exact) mass is 452 g/mol. The maximum atomic E-state index is 13.6. The van der Waals surface area contributed by atoms with E-state index in [1.807, 2.05) is 24.3 Å². The number of nitrogens with zero attached hydrogens (tertiary/aromatic N) is 2. The zero-order chi connectivity index (χ0) is 22.5. The number of hydrogen-bond acceptors (Lipinski definition) is 3. The van der Waals surface area contributed by atoms with E-state index < -0.39 is 0 Å². The average molecular weight is 453 g/mol. The van der Waals surface area contributed by atoms with Crippen LogP contribution in [0.4, 0.5) is 0 Å². The number of fused-ring (bicyclic) bond motifs is 1. The number of carbonyl (C=O) groups is 1. The SMILES string of the molecule is O=C(c1ccc(OCCCN2CC3CCCC3C2)cc1)N(C1CCCCC1)C1CCCCC1. The number of ether oxygens (including phenoxy) is 1. The highest BCUT2D eigenvalue weighted by Crippen LogP contribution is 2.37. The maximum Gasteiger partial charge on any atom is 0.254 e. The number of hydrogen-bond donors (Lipinski definition) is 0. The van der Waals surface area contributed by atoms with Gasteiger partial charge >= 0.3 is 0 Å². The number of rotatable bonds is 8. The first-order valence-electron chi connectivity index (χ1n) is 14.1. The van der Waals surface area contributed by atoms with Crippen molar-refractivity contribution in [1.29, 1.82) is 0 Å². The van der Waals surface area contributed by atoms with Crippen molar-refractivity contribution >= 4 is 5.91 Å². The normalized spacial score (nSPS) is 26.9. The minimum Gasteiger partial charge on any atom is -0.494 e. The molecule has 3 aliphatic carbocycles. The first kappa shape index (κ1) is 23.2. The van der Waals surface area contributed by atoms with E-state index in [0.717, 1.165) is 42.7 Å². The van der Waals surface area contributed by atoms with Gasteiger partial charge in [0.1, 0.15) is 5.75 Å². The van der Waals surface area contributed by atoms with Crippen LogP contribution in [0.1, 0.15) is 100 Å². The molecule has 0 radical (unpaired) electrons. The highest BCUT2D eigenvalue weighted by molar-refractivity contribution is 5.94. The smallest absolute Gasteiger partial charge is 0.254 e. The van der Waals surface area contributed by atoms with Crippen molar-refractivity contribution < 1.29 is 9.53 Å². The van der Waals surface area contributed by atoms with E-state index in [0.29, 0.717) is 12.1 Å².